The topological polar surface area (TPSA) is 38.1 Å². The molecule has 1 aliphatic rings. The number of amides is 1. The number of carbonyl (C=O) groups excluding carboxylic acids is 1. The molecule has 0 fully saturated rings. The molecule has 1 aliphatic heterocycles. The van der Waals surface area contributed by atoms with Gasteiger partial charge in [-0.1, -0.05) is 29.7 Å². The molecule has 2 aromatic carbocycles. The summed E-state index contributed by atoms with van der Waals surface area (Å²) >= 11 is 6.14. The second-order valence-electron chi connectivity index (χ2n) is 5.96. The van der Waals surface area contributed by atoms with Crippen molar-refractivity contribution in [1.82, 2.24) is 14.5 Å². The summed E-state index contributed by atoms with van der Waals surface area (Å²) in [7, 11) is 1.67. The lowest BCUT2D eigenvalue weighted by atomic mass is 10.1. The van der Waals surface area contributed by atoms with Gasteiger partial charge in [0.15, 0.2) is 0 Å². The lowest BCUT2D eigenvalue weighted by Crippen LogP contribution is -2.25. The molecule has 3 aromatic rings. The van der Waals surface area contributed by atoms with Gasteiger partial charge in [0.1, 0.15) is 17.8 Å². The molecule has 0 unspecified atom stereocenters. The van der Waals surface area contributed by atoms with Crippen LogP contribution in [0.2, 0.25) is 5.02 Å². The summed E-state index contributed by atoms with van der Waals surface area (Å²) in [4.78, 5) is 18.5. The van der Waals surface area contributed by atoms with Crippen molar-refractivity contribution in [3.63, 3.8) is 0 Å². The molecule has 0 bridgehead atoms. The largest absolute Gasteiger partial charge is 0.336 e. The Hall–Kier alpha value is -3.10. The van der Waals surface area contributed by atoms with Crippen molar-refractivity contribution in [2.24, 2.45) is 0 Å². The average Bonchev–Trinajstić information content (AvgIpc) is 2.98. The van der Waals surface area contributed by atoms with E-state index in [0.717, 1.165) is 5.69 Å². The molecule has 4 rings (SSSR count). The molecule has 1 aromatic heterocycles. The van der Waals surface area contributed by atoms with Crippen molar-refractivity contribution in [2.75, 3.05) is 7.05 Å². The minimum Gasteiger partial charge on any atom is -0.336 e. The molecular weight excluding hydrogens is 353 g/mol. The van der Waals surface area contributed by atoms with Crippen LogP contribution in [0.4, 0.5) is 4.39 Å². The number of hydrogen-bond acceptors (Lipinski definition) is 2. The van der Waals surface area contributed by atoms with Gasteiger partial charge in [-0.25, -0.2) is 9.37 Å². The van der Waals surface area contributed by atoms with Gasteiger partial charge in [-0.3, -0.25) is 9.36 Å². The van der Waals surface area contributed by atoms with E-state index in [9.17, 15) is 9.18 Å². The molecule has 0 atom stereocenters. The Kier molecular flexibility index (Phi) is 3.98. The van der Waals surface area contributed by atoms with Gasteiger partial charge in [0.25, 0.3) is 5.91 Å². The highest BCUT2D eigenvalue weighted by Crippen LogP contribution is 2.26. The summed E-state index contributed by atoms with van der Waals surface area (Å²) in [5, 5.41) is 0.568. The van der Waals surface area contributed by atoms with Gasteiger partial charge in [-0.15, -0.1) is 0 Å². The van der Waals surface area contributed by atoms with Crippen molar-refractivity contribution in [1.29, 1.82) is 0 Å². The van der Waals surface area contributed by atoms with Crippen LogP contribution in [0, 0.1) is 17.7 Å². The summed E-state index contributed by atoms with van der Waals surface area (Å²) in [5.74, 6) is 5.37. The zero-order valence-corrected chi connectivity index (χ0v) is 14.6. The number of halogens is 2. The standard InChI is InChI=1S/C20H13ClFN3O/c1-24-11-19-17(8-6-13-4-2-3-5-16(13)21)23-12-25(19)18-9-7-14(22)10-15(18)20(24)26/h2-5,7,9-10,12H,11H2,1H3. The fourth-order valence-corrected chi connectivity index (χ4v) is 3.10. The van der Waals surface area contributed by atoms with Crippen LogP contribution in [0.5, 0.6) is 0 Å². The van der Waals surface area contributed by atoms with Crippen molar-refractivity contribution in [2.45, 2.75) is 6.54 Å². The second-order valence-corrected chi connectivity index (χ2v) is 6.37. The van der Waals surface area contributed by atoms with Crippen LogP contribution in [0.25, 0.3) is 5.69 Å². The molecule has 128 valence electrons. The van der Waals surface area contributed by atoms with E-state index in [1.54, 1.807) is 30.1 Å². The minimum atomic E-state index is -0.451. The molecule has 0 spiro atoms. The Labute approximate surface area is 154 Å². The third-order valence-corrected chi connectivity index (χ3v) is 4.57. The zero-order chi connectivity index (χ0) is 18.3. The van der Waals surface area contributed by atoms with Crippen LogP contribution in [-0.4, -0.2) is 27.4 Å². The maximum Gasteiger partial charge on any atom is 0.256 e. The van der Waals surface area contributed by atoms with Crippen LogP contribution in [0.3, 0.4) is 0 Å². The summed E-state index contributed by atoms with van der Waals surface area (Å²) < 4.78 is 15.4. The van der Waals surface area contributed by atoms with E-state index < -0.39 is 5.82 Å². The van der Waals surface area contributed by atoms with Gasteiger partial charge < -0.3 is 4.90 Å². The number of nitrogens with zero attached hydrogens (tertiary/aromatic N) is 3. The molecule has 6 heteroatoms. The molecule has 1 amide bonds. The average molecular weight is 366 g/mol. The van der Waals surface area contributed by atoms with E-state index in [-0.39, 0.29) is 5.91 Å². The summed E-state index contributed by atoms with van der Waals surface area (Å²) in [5.41, 5.74) is 2.92. The highest BCUT2D eigenvalue weighted by atomic mass is 35.5. The normalized spacial score (nSPS) is 12.7. The Morgan fingerprint density at radius 3 is 2.81 bits per heavy atom. The zero-order valence-electron chi connectivity index (χ0n) is 13.8. The minimum absolute atomic E-state index is 0.242. The van der Waals surface area contributed by atoms with Crippen molar-refractivity contribution in [3.05, 3.63) is 82.1 Å². The van der Waals surface area contributed by atoms with Gasteiger partial charge in [0.2, 0.25) is 0 Å². The van der Waals surface area contributed by atoms with Crippen LogP contribution in [-0.2, 0) is 6.54 Å². The van der Waals surface area contributed by atoms with Gasteiger partial charge in [-0.2, -0.15) is 0 Å². The van der Waals surface area contributed by atoms with Crippen LogP contribution >= 0.6 is 11.6 Å². The first-order valence-electron chi connectivity index (χ1n) is 7.93. The van der Waals surface area contributed by atoms with Crippen molar-refractivity contribution in [3.8, 4) is 17.5 Å². The molecule has 0 saturated heterocycles. The quantitative estimate of drug-likeness (QED) is 0.570. The summed E-state index contributed by atoms with van der Waals surface area (Å²) in [6.45, 7) is 0.321. The van der Waals surface area contributed by atoms with E-state index in [1.807, 2.05) is 18.2 Å². The second kappa shape index (κ2) is 6.32. The predicted molar refractivity (Wildman–Crippen MR) is 96.8 cm³/mol. The number of hydrogen-bond donors (Lipinski definition) is 0. The third kappa shape index (κ3) is 2.75. The highest BCUT2D eigenvalue weighted by Gasteiger charge is 2.26. The van der Waals surface area contributed by atoms with E-state index in [2.05, 4.69) is 16.8 Å². The van der Waals surface area contributed by atoms with Crippen molar-refractivity contribution < 1.29 is 9.18 Å². The number of carbonyl (C=O) groups is 1. The fourth-order valence-electron chi connectivity index (χ4n) is 2.92. The van der Waals surface area contributed by atoms with E-state index in [0.29, 0.717) is 34.1 Å². The summed E-state index contributed by atoms with van der Waals surface area (Å²) in [6, 6.07) is 11.5. The van der Waals surface area contributed by atoms with Crippen molar-refractivity contribution >= 4 is 17.5 Å². The van der Waals surface area contributed by atoms with Gasteiger partial charge in [-0.05, 0) is 36.3 Å². The molecular formula is C20H13ClFN3O. The number of rotatable bonds is 0. The highest BCUT2D eigenvalue weighted by molar-refractivity contribution is 6.31. The molecule has 0 N–H and O–H groups in total. The fraction of sp³-hybridized carbons (Fsp3) is 0.100. The maximum absolute atomic E-state index is 13.6. The Morgan fingerprint density at radius 2 is 2.00 bits per heavy atom. The maximum atomic E-state index is 13.6. The van der Waals surface area contributed by atoms with Crippen LogP contribution in [0.15, 0.2) is 48.8 Å². The van der Waals surface area contributed by atoms with Gasteiger partial charge in [0, 0.05) is 12.6 Å². The number of fused-ring (bicyclic) bond motifs is 3. The predicted octanol–water partition coefficient (Wildman–Crippen LogP) is 3.65. The Balaban J connectivity index is 1.84. The van der Waals surface area contributed by atoms with E-state index in [4.69, 9.17) is 11.6 Å². The lowest BCUT2D eigenvalue weighted by molar-refractivity contribution is 0.0787. The smallest absolute Gasteiger partial charge is 0.256 e. The molecule has 0 aliphatic carbocycles. The lowest BCUT2D eigenvalue weighted by Gasteiger charge is -2.13. The third-order valence-electron chi connectivity index (χ3n) is 4.24. The Bertz CT molecular complexity index is 1090. The molecule has 26 heavy (non-hydrogen) atoms. The molecule has 2 heterocycles. The number of benzene rings is 2. The monoisotopic (exact) mass is 365 g/mol. The van der Waals surface area contributed by atoms with E-state index >= 15 is 0 Å². The molecule has 0 saturated carbocycles. The number of imidazole rings is 1. The van der Waals surface area contributed by atoms with Gasteiger partial charge in [0.05, 0.1) is 28.5 Å². The van der Waals surface area contributed by atoms with Crippen LogP contribution in [0.1, 0.15) is 27.3 Å². The first-order valence-corrected chi connectivity index (χ1v) is 8.30. The summed E-state index contributed by atoms with van der Waals surface area (Å²) in [6.07, 6.45) is 1.61. The Morgan fingerprint density at radius 1 is 1.19 bits per heavy atom. The molecule has 4 nitrogen and oxygen atoms in total. The van der Waals surface area contributed by atoms with Gasteiger partial charge >= 0.3 is 0 Å². The first-order chi connectivity index (χ1) is 12.5. The SMILES string of the molecule is CN1Cc2c(C#Cc3ccccc3Cl)ncn2-c2ccc(F)cc2C1=O. The van der Waals surface area contributed by atoms with Crippen LogP contribution < -0.4 is 0 Å². The first kappa shape index (κ1) is 16.4. The number of aromatic nitrogens is 2. The molecule has 0 radical (unpaired) electrons. The van der Waals surface area contributed by atoms with E-state index in [1.165, 1.54) is 17.0 Å².